The Kier molecular flexibility index (Phi) is 3.16. The van der Waals surface area contributed by atoms with Crippen LogP contribution in [-0.4, -0.2) is 10.8 Å². The molecule has 0 atom stereocenters. The van der Waals surface area contributed by atoms with Gasteiger partial charge < -0.3 is 0 Å². The Balaban J connectivity index is 2.54. The van der Waals surface area contributed by atoms with E-state index in [-0.39, 0.29) is 11.6 Å². The molecule has 0 amide bonds. The summed E-state index contributed by atoms with van der Waals surface area (Å²) in [6.45, 7) is 1.44. The molecule has 2 nitrogen and oxygen atoms in total. The summed E-state index contributed by atoms with van der Waals surface area (Å²) >= 11 is 4.53. The summed E-state index contributed by atoms with van der Waals surface area (Å²) in [5, 5.41) is 2.14. The van der Waals surface area contributed by atoms with E-state index in [2.05, 4.69) is 20.9 Å². The smallest absolute Gasteiger partial charge is 0.178 e. The second kappa shape index (κ2) is 4.43. The Hall–Kier alpha value is -1.07. The molecule has 1 aromatic carbocycles. The number of benzene rings is 1. The first kappa shape index (κ1) is 11.4. The summed E-state index contributed by atoms with van der Waals surface area (Å²) in [7, 11) is 0. The second-order valence-corrected chi connectivity index (χ2v) is 4.90. The van der Waals surface area contributed by atoms with Gasteiger partial charge in [-0.3, -0.25) is 4.79 Å². The number of ketones is 1. The van der Waals surface area contributed by atoms with Gasteiger partial charge in [-0.25, -0.2) is 9.37 Å². The van der Waals surface area contributed by atoms with Crippen molar-refractivity contribution in [2.24, 2.45) is 0 Å². The molecule has 0 aliphatic rings. The van der Waals surface area contributed by atoms with Gasteiger partial charge in [0.05, 0.1) is 5.56 Å². The number of aromatic nitrogens is 1. The average molecular weight is 300 g/mol. The van der Waals surface area contributed by atoms with Crippen molar-refractivity contribution >= 4 is 33.0 Å². The Bertz CT molecular complexity index is 532. The number of hydrogen-bond acceptors (Lipinski definition) is 3. The van der Waals surface area contributed by atoms with Crippen LogP contribution in [0.4, 0.5) is 4.39 Å². The minimum absolute atomic E-state index is 0.116. The van der Waals surface area contributed by atoms with Crippen molar-refractivity contribution in [1.82, 2.24) is 4.98 Å². The van der Waals surface area contributed by atoms with Gasteiger partial charge in [0, 0.05) is 16.8 Å². The van der Waals surface area contributed by atoms with Gasteiger partial charge in [0.15, 0.2) is 5.78 Å². The molecule has 0 radical (unpaired) electrons. The van der Waals surface area contributed by atoms with Crippen molar-refractivity contribution < 1.29 is 9.18 Å². The largest absolute Gasteiger partial charge is 0.293 e. The van der Waals surface area contributed by atoms with Gasteiger partial charge in [-0.15, -0.1) is 11.3 Å². The number of carbonyl (C=O) groups is 1. The Morgan fingerprint density at radius 3 is 2.81 bits per heavy atom. The van der Waals surface area contributed by atoms with Crippen LogP contribution in [0.3, 0.4) is 0 Å². The molecule has 0 saturated carbocycles. The van der Waals surface area contributed by atoms with Crippen LogP contribution in [0.25, 0.3) is 10.6 Å². The molecule has 0 unspecified atom stereocenters. The van der Waals surface area contributed by atoms with E-state index in [1.165, 1.54) is 24.3 Å². The molecule has 2 rings (SSSR count). The van der Waals surface area contributed by atoms with Crippen molar-refractivity contribution in [3.05, 3.63) is 39.6 Å². The molecule has 16 heavy (non-hydrogen) atoms. The van der Waals surface area contributed by atoms with Gasteiger partial charge >= 0.3 is 0 Å². The lowest BCUT2D eigenvalue weighted by molar-refractivity contribution is 0.101. The van der Waals surface area contributed by atoms with E-state index in [9.17, 15) is 9.18 Å². The first-order valence-corrected chi connectivity index (χ1v) is 6.17. The standard InChI is InChI=1S/C11H7BrFNOS/c1-6(15)9-5-16-11(14-9)10-7(12)3-2-4-8(10)13/h2-5H,1H3. The highest BCUT2D eigenvalue weighted by atomic mass is 79.9. The molecule has 0 N–H and O–H groups in total. The second-order valence-electron chi connectivity index (χ2n) is 3.19. The highest BCUT2D eigenvalue weighted by Crippen LogP contribution is 2.32. The Morgan fingerprint density at radius 2 is 2.25 bits per heavy atom. The van der Waals surface area contributed by atoms with E-state index in [0.29, 0.717) is 20.7 Å². The zero-order chi connectivity index (χ0) is 11.7. The van der Waals surface area contributed by atoms with Crippen molar-refractivity contribution in [1.29, 1.82) is 0 Å². The fraction of sp³-hybridized carbons (Fsp3) is 0.0909. The van der Waals surface area contributed by atoms with Crippen LogP contribution in [0.1, 0.15) is 17.4 Å². The molecule has 0 fully saturated rings. The molecule has 0 bridgehead atoms. The number of halogens is 2. The number of nitrogens with zero attached hydrogens (tertiary/aromatic N) is 1. The summed E-state index contributed by atoms with van der Waals surface area (Å²) in [5.74, 6) is -0.464. The summed E-state index contributed by atoms with van der Waals surface area (Å²) in [6.07, 6.45) is 0. The van der Waals surface area contributed by atoms with Crippen LogP contribution in [0, 0.1) is 5.82 Å². The third-order valence-electron chi connectivity index (χ3n) is 2.04. The Labute approximate surface area is 104 Å². The third kappa shape index (κ3) is 2.05. The lowest BCUT2D eigenvalue weighted by Gasteiger charge is -2.01. The first-order chi connectivity index (χ1) is 7.59. The van der Waals surface area contributed by atoms with Crippen molar-refractivity contribution in [2.75, 3.05) is 0 Å². The molecule has 1 aromatic heterocycles. The van der Waals surface area contributed by atoms with Crippen LogP contribution < -0.4 is 0 Å². The molecule has 0 aliphatic carbocycles. The maximum absolute atomic E-state index is 13.6. The quantitative estimate of drug-likeness (QED) is 0.787. The van der Waals surface area contributed by atoms with E-state index in [4.69, 9.17) is 0 Å². The zero-order valence-corrected chi connectivity index (χ0v) is 10.7. The topological polar surface area (TPSA) is 30.0 Å². The van der Waals surface area contributed by atoms with Gasteiger partial charge in [-0.2, -0.15) is 0 Å². The average Bonchev–Trinajstić information content (AvgIpc) is 2.66. The normalized spacial score (nSPS) is 10.4. The summed E-state index contributed by atoms with van der Waals surface area (Å²) in [6, 6.07) is 4.73. The van der Waals surface area contributed by atoms with Gasteiger partial charge in [0.25, 0.3) is 0 Å². The third-order valence-corrected chi connectivity index (χ3v) is 3.56. The van der Waals surface area contributed by atoms with Gasteiger partial charge in [0.2, 0.25) is 0 Å². The molecular weight excluding hydrogens is 293 g/mol. The van der Waals surface area contributed by atoms with E-state index < -0.39 is 0 Å². The van der Waals surface area contributed by atoms with E-state index in [1.54, 1.807) is 17.5 Å². The van der Waals surface area contributed by atoms with Crippen LogP contribution in [0.2, 0.25) is 0 Å². The molecule has 0 aliphatic heterocycles. The number of carbonyl (C=O) groups excluding carboxylic acids is 1. The molecule has 2 aromatic rings. The van der Waals surface area contributed by atoms with Crippen LogP contribution >= 0.6 is 27.3 Å². The minimum Gasteiger partial charge on any atom is -0.293 e. The summed E-state index contributed by atoms with van der Waals surface area (Å²) in [5.41, 5.74) is 0.773. The lowest BCUT2D eigenvalue weighted by Crippen LogP contribution is -1.92. The van der Waals surface area contributed by atoms with Crippen LogP contribution in [0.15, 0.2) is 28.1 Å². The molecule has 1 heterocycles. The molecule has 0 saturated heterocycles. The molecule has 5 heteroatoms. The van der Waals surface area contributed by atoms with E-state index in [0.717, 1.165) is 0 Å². The monoisotopic (exact) mass is 299 g/mol. The van der Waals surface area contributed by atoms with Crippen LogP contribution in [0.5, 0.6) is 0 Å². The van der Waals surface area contributed by atoms with Crippen molar-refractivity contribution in [3.63, 3.8) is 0 Å². The predicted molar refractivity (Wildman–Crippen MR) is 65.2 cm³/mol. The highest BCUT2D eigenvalue weighted by Gasteiger charge is 2.14. The SMILES string of the molecule is CC(=O)c1csc(-c2c(F)cccc2Br)n1. The maximum atomic E-state index is 13.6. The summed E-state index contributed by atoms with van der Waals surface area (Å²) < 4.78 is 14.2. The fourth-order valence-electron chi connectivity index (χ4n) is 1.25. The summed E-state index contributed by atoms with van der Waals surface area (Å²) in [4.78, 5) is 15.2. The first-order valence-electron chi connectivity index (χ1n) is 4.50. The number of hydrogen-bond donors (Lipinski definition) is 0. The Morgan fingerprint density at radius 1 is 1.50 bits per heavy atom. The minimum atomic E-state index is -0.348. The molecule has 82 valence electrons. The van der Waals surface area contributed by atoms with Crippen LogP contribution in [-0.2, 0) is 0 Å². The lowest BCUT2D eigenvalue weighted by atomic mass is 10.2. The molecular formula is C11H7BrFNOS. The van der Waals surface area contributed by atoms with Gasteiger partial charge in [0.1, 0.15) is 16.5 Å². The predicted octanol–water partition coefficient (Wildman–Crippen LogP) is 3.91. The van der Waals surface area contributed by atoms with Crippen molar-refractivity contribution in [2.45, 2.75) is 6.92 Å². The number of Topliss-reactive ketones (excluding diaryl/α,β-unsaturated/α-hetero) is 1. The maximum Gasteiger partial charge on any atom is 0.178 e. The molecule has 0 spiro atoms. The van der Waals surface area contributed by atoms with Gasteiger partial charge in [-0.05, 0) is 28.1 Å². The van der Waals surface area contributed by atoms with Crippen molar-refractivity contribution in [3.8, 4) is 10.6 Å². The zero-order valence-electron chi connectivity index (χ0n) is 8.33. The number of rotatable bonds is 2. The van der Waals surface area contributed by atoms with E-state index in [1.807, 2.05) is 0 Å². The highest BCUT2D eigenvalue weighted by molar-refractivity contribution is 9.10. The number of thiazole rings is 1. The fourth-order valence-corrected chi connectivity index (χ4v) is 2.83. The van der Waals surface area contributed by atoms with Gasteiger partial charge in [-0.1, -0.05) is 6.07 Å². The van der Waals surface area contributed by atoms with E-state index >= 15 is 0 Å².